The Hall–Kier alpha value is -2.83. The van der Waals surface area contributed by atoms with Crippen molar-refractivity contribution in [3.05, 3.63) is 48.0 Å². The van der Waals surface area contributed by atoms with Crippen LogP contribution in [0.5, 0.6) is 11.5 Å². The second-order valence-corrected chi connectivity index (χ2v) is 5.65. The minimum atomic E-state index is -2.97. The lowest BCUT2D eigenvalue weighted by atomic mass is 10.1. The standard InChI is InChI=1S/C19H22F2N2O3/c1-4-13-5-7-14(8-6-13)23-18(24)12(2)22-15-9-10-16(25-3)17(11-15)26-19(20)21/h5-12,19,22H,4H2,1-3H3,(H,23,24). The van der Waals surface area contributed by atoms with Crippen LogP contribution in [-0.4, -0.2) is 25.7 Å². The van der Waals surface area contributed by atoms with E-state index < -0.39 is 12.7 Å². The fourth-order valence-electron chi connectivity index (χ4n) is 2.34. The third kappa shape index (κ3) is 5.34. The Morgan fingerprint density at radius 2 is 1.73 bits per heavy atom. The van der Waals surface area contributed by atoms with Gasteiger partial charge in [0.1, 0.15) is 6.04 Å². The highest BCUT2D eigenvalue weighted by Gasteiger charge is 2.16. The number of rotatable bonds is 8. The van der Waals surface area contributed by atoms with E-state index >= 15 is 0 Å². The summed E-state index contributed by atoms with van der Waals surface area (Å²) < 4.78 is 34.4. The quantitative estimate of drug-likeness (QED) is 0.733. The highest BCUT2D eigenvalue weighted by atomic mass is 19.3. The molecule has 7 heteroatoms. The molecule has 2 N–H and O–H groups in total. The molecule has 0 aliphatic heterocycles. The van der Waals surface area contributed by atoms with Crippen molar-refractivity contribution in [2.45, 2.75) is 32.9 Å². The summed E-state index contributed by atoms with van der Waals surface area (Å²) >= 11 is 0. The van der Waals surface area contributed by atoms with Crippen molar-refractivity contribution in [2.75, 3.05) is 17.7 Å². The Morgan fingerprint density at radius 1 is 1.08 bits per heavy atom. The van der Waals surface area contributed by atoms with Crippen LogP contribution in [0.25, 0.3) is 0 Å². The van der Waals surface area contributed by atoms with Crippen LogP contribution in [0, 0.1) is 0 Å². The molecule has 0 spiro atoms. The van der Waals surface area contributed by atoms with Gasteiger partial charge in [0.05, 0.1) is 7.11 Å². The predicted molar refractivity (Wildman–Crippen MR) is 97.2 cm³/mol. The maximum Gasteiger partial charge on any atom is 0.387 e. The van der Waals surface area contributed by atoms with Gasteiger partial charge in [-0.15, -0.1) is 0 Å². The molecule has 5 nitrogen and oxygen atoms in total. The number of carbonyl (C=O) groups is 1. The van der Waals surface area contributed by atoms with Crippen molar-refractivity contribution in [2.24, 2.45) is 0 Å². The maximum absolute atomic E-state index is 12.5. The molecule has 0 saturated heterocycles. The highest BCUT2D eigenvalue weighted by Crippen LogP contribution is 2.31. The summed E-state index contributed by atoms with van der Waals surface area (Å²) in [4.78, 5) is 12.3. The fraction of sp³-hybridized carbons (Fsp3) is 0.316. The van der Waals surface area contributed by atoms with Gasteiger partial charge < -0.3 is 20.1 Å². The molecule has 1 atom stereocenters. The first-order chi connectivity index (χ1) is 12.4. The van der Waals surface area contributed by atoms with Crippen LogP contribution in [0.4, 0.5) is 20.2 Å². The number of hydrogen-bond acceptors (Lipinski definition) is 4. The number of amides is 1. The van der Waals surface area contributed by atoms with Crippen molar-refractivity contribution in [3.8, 4) is 11.5 Å². The van der Waals surface area contributed by atoms with Crippen LogP contribution >= 0.6 is 0 Å². The van der Waals surface area contributed by atoms with Gasteiger partial charge in [0.25, 0.3) is 0 Å². The van der Waals surface area contributed by atoms with E-state index in [0.717, 1.165) is 6.42 Å². The van der Waals surface area contributed by atoms with Gasteiger partial charge in [0.2, 0.25) is 5.91 Å². The zero-order valence-electron chi connectivity index (χ0n) is 14.9. The zero-order chi connectivity index (χ0) is 19.1. The van der Waals surface area contributed by atoms with E-state index in [1.54, 1.807) is 13.0 Å². The molecule has 2 aromatic carbocycles. The van der Waals surface area contributed by atoms with Gasteiger partial charge in [-0.2, -0.15) is 8.78 Å². The van der Waals surface area contributed by atoms with Crippen LogP contribution in [0.1, 0.15) is 19.4 Å². The molecule has 0 saturated carbocycles. The average molecular weight is 364 g/mol. The van der Waals surface area contributed by atoms with E-state index in [1.165, 1.54) is 24.8 Å². The summed E-state index contributed by atoms with van der Waals surface area (Å²) in [5.41, 5.74) is 2.33. The maximum atomic E-state index is 12.5. The Kier molecular flexibility index (Phi) is 6.77. The van der Waals surface area contributed by atoms with E-state index in [-0.39, 0.29) is 17.4 Å². The van der Waals surface area contributed by atoms with Gasteiger partial charge in [-0.05, 0) is 43.2 Å². The summed E-state index contributed by atoms with van der Waals surface area (Å²) in [6, 6.07) is 11.5. The molecule has 0 aliphatic carbocycles. The highest BCUT2D eigenvalue weighted by molar-refractivity contribution is 5.96. The minimum Gasteiger partial charge on any atom is -0.493 e. The van der Waals surface area contributed by atoms with E-state index in [4.69, 9.17) is 4.74 Å². The van der Waals surface area contributed by atoms with Crippen LogP contribution in [0.3, 0.4) is 0 Å². The first kappa shape index (κ1) is 19.5. The molecular formula is C19H22F2N2O3. The van der Waals surface area contributed by atoms with Crippen LogP contribution in [-0.2, 0) is 11.2 Å². The third-order valence-corrected chi connectivity index (χ3v) is 3.79. The van der Waals surface area contributed by atoms with Gasteiger partial charge >= 0.3 is 6.61 Å². The monoisotopic (exact) mass is 364 g/mol. The van der Waals surface area contributed by atoms with Gasteiger partial charge in [0.15, 0.2) is 11.5 Å². The van der Waals surface area contributed by atoms with Crippen molar-refractivity contribution < 1.29 is 23.0 Å². The number of ether oxygens (including phenoxy) is 2. The van der Waals surface area contributed by atoms with Crippen LogP contribution < -0.4 is 20.1 Å². The van der Waals surface area contributed by atoms with Gasteiger partial charge in [-0.1, -0.05) is 19.1 Å². The molecule has 26 heavy (non-hydrogen) atoms. The van der Waals surface area contributed by atoms with Crippen molar-refractivity contribution in [3.63, 3.8) is 0 Å². The number of anilines is 2. The number of hydrogen-bond donors (Lipinski definition) is 2. The lowest BCUT2D eigenvalue weighted by Gasteiger charge is -2.17. The molecule has 2 aromatic rings. The Balaban J connectivity index is 2.03. The summed E-state index contributed by atoms with van der Waals surface area (Å²) in [6.45, 7) is 0.764. The molecule has 0 aliphatic rings. The number of alkyl halides is 2. The Labute approximate surface area is 151 Å². The number of nitrogens with one attached hydrogen (secondary N) is 2. The van der Waals surface area contributed by atoms with Crippen LogP contribution in [0.2, 0.25) is 0 Å². The molecule has 0 bridgehead atoms. The first-order valence-corrected chi connectivity index (χ1v) is 8.22. The number of benzene rings is 2. The molecule has 0 heterocycles. The number of methoxy groups -OCH3 is 1. The molecule has 0 radical (unpaired) electrons. The van der Waals surface area contributed by atoms with Gasteiger partial charge in [-0.3, -0.25) is 4.79 Å². The zero-order valence-corrected chi connectivity index (χ0v) is 14.9. The minimum absolute atomic E-state index is 0.102. The van der Waals surface area contributed by atoms with Crippen molar-refractivity contribution in [1.82, 2.24) is 0 Å². The normalized spacial score (nSPS) is 11.8. The van der Waals surface area contributed by atoms with Crippen molar-refractivity contribution in [1.29, 1.82) is 0 Å². The molecule has 140 valence electrons. The largest absolute Gasteiger partial charge is 0.493 e. The Bertz CT molecular complexity index is 736. The summed E-state index contributed by atoms with van der Waals surface area (Å²) in [6.07, 6.45) is 0.923. The lowest BCUT2D eigenvalue weighted by Crippen LogP contribution is -2.31. The SMILES string of the molecule is CCc1ccc(NC(=O)C(C)Nc2ccc(OC)c(OC(F)F)c2)cc1. The topological polar surface area (TPSA) is 59.6 Å². The van der Waals surface area contributed by atoms with E-state index in [0.29, 0.717) is 11.4 Å². The Morgan fingerprint density at radius 3 is 2.31 bits per heavy atom. The molecule has 0 aromatic heterocycles. The van der Waals surface area contributed by atoms with E-state index in [9.17, 15) is 13.6 Å². The van der Waals surface area contributed by atoms with E-state index in [1.807, 2.05) is 24.3 Å². The second-order valence-electron chi connectivity index (χ2n) is 5.65. The molecule has 1 unspecified atom stereocenters. The third-order valence-electron chi connectivity index (χ3n) is 3.79. The summed E-state index contributed by atoms with van der Waals surface area (Å²) in [5.74, 6) is -0.166. The first-order valence-electron chi connectivity index (χ1n) is 8.22. The number of aryl methyl sites for hydroxylation is 1. The van der Waals surface area contributed by atoms with Crippen molar-refractivity contribution >= 4 is 17.3 Å². The predicted octanol–water partition coefficient (Wildman–Crippen LogP) is 4.30. The van der Waals surface area contributed by atoms with Crippen LogP contribution in [0.15, 0.2) is 42.5 Å². The molecule has 2 rings (SSSR count). The van der Waals surface area contributed by atoms with Gasteiger partial charge in [-0.25, -0.2) is 0 Å². The molecular weight excluding hydrogens is 342 g/mol. The summed E-state index contributed by atoms with van der Waals surface area (Å²) in [7, 11) is 1.36. The molecule has 0 fully saturated rings. The second kappa shape index (κ2) is 9.03. The van der Waals surface area contributed by atoms with E-state index in [2.05, 4.69) is 22.3 Å². The average Bonchev–Trinajstić information content (AvgIpc) is 2.62. The lowest BCUT2D eigenvalue weighted by molar-refractivity contribution is -0.116. The fourth-order valence-corrected chi connectivity index (χ4v) is 2.34. The number of halogens is 2. The number of carbonyl (C=O) groups excluding carboxylic acids is 1. The smallest absolute Gasteiger partial charge is 0.387 e. The van der Waals surface area contributed by atoms with Gasteiger partial charge in [0, 0.05) is 17.4 Å². The molecule has 1 amide bonds. The summed E-state index contributed by atoms with van der Waals surface area (Å²) in [5, 5.41) is 5.76.